The molecular formula is C15H17N3O2. The molecule has 1 saturated heterocycles. The molecule has 1 aromatic heterocycles. The summed E-state index contributed by atoms with van der Waals surface area (Å²) in [6.45, 7) is 3.92. The van der Waals surface area contributed by atoms with Gasteiger partial charge in [-0.1, -0.05) is 6.07 Å². The summed E-state index contributed by atoms with van der Waals surface area (Å²) in [6, 6.07) is 7.71. The number of anilines is 1. The average molecular weight is 271 g/mol. The average Bonchev–Trinajstić information content (AvgIpc) is 2.51. The molecule has 1 aliphatic heterocycles. The molecule has 0 bridgehead atoms. The van der Waals surface area contributed by atoms with Crippen LogP contribution in [0, 0.1) is 6.92 Å². The predicted molar refractivity (Wildman–Crippen MR) is 77.7 cm³/mol. The van der Waals surface area contributed by atoms with Gasteiger partial charge in [0.2, 0.25) is 0 Å². The molecule has 20 heavy (non-hydrogen) atoms. The monoisotopic (exact) mass is 271 g/mol. The molecule has 1 atom stereocenters. The number of carbonyl (C=O) groups excluding carboxylic acids is 1. The van der Waals surface area contributed by atoms with Crippen LogP contribution in [0.2, 0.25) is 0 Å². The molecule has 1 aromatic carbocycles. The zero-order valence-corrected chi connectivity index (χ0v) is 11.3. The lowest BCUT2D eigenvalue weighted by Crippen LogP contribution is -2.45. The molecule has 1 unspecified atom stereocenters. The van der Waals surface area contributed by atoms with Crippen molar-refractivity contribution in [2.75, 3.05) is 25.0 Å². The van der Waals surface area contributed by atoms with E-state index >= 15 is 0 Å². The van der Waals surface area contributed by atoms with Crippen molar-refractivity contribution in [3.05, 3.63) is 36.0 Å². The fraction of sp³-hybridized carbons (Fsp3) is 0.333. The van der Waals surface area contributed by atoms with Gasteiger partial charge in [0.15, 0.2) is 0 Å². The molecule has 0 radical (unpaired) electrons. The van der Waals surface area contributed by atoms with Gasteiger partial charge in [0, 0.05) is 24.7 Å². The lowest BCUT2D eigenvalue weighted by molar-refractivity contribution is -0.128. The SMILES string of the molecule is Cc1ccc(NC(=O)C2CNCCO2)c2cccnc12. The zero-order valence-electron chi connectivity index (χ0n) is 11.3. The van der Waals surface area contributed by atoms with Crippen LogP contribution in [-0.4, -0.2) is 36.7 Å². The highest BCUT2D eigenvalue weighted by Crippen LogP contribution is 2.24. The van der Waals surface area contributed by atoms with Crippen LogP contribution >= 0.6 is 0 Å². The van der Waals surface area contributed by atoms with Crippen molar-refractivity contribution < 1.29 is 9.53 Å². The number of rotatable bonds is 2. The van der Waals surface area contributed by atoms with E-state index in [0.717, 1.165) is 28.7 Å². The van der Waals surface area contributed by atoms with Gasteiger partial charge in [-0.05, 0) is 30.7 Å². The van der Waals surface area contributed by atoms with Crippen molar-refractivity contribution in [2.45, 2.75) is 13.0 Å². The maximum atomic E-state index is 12.2. The molecule has 2 heterocycles. The summed E-state index contributed by atoms with van der Waals surface area (Å²) in [5.74, 6) is -0.119. The molecule has 2 N–H and O–H groups in total. The summed E-state index contributed by atoms with van der Waals surface area (Å²) >= 11 is 0. The first kappa shape index (κ1) is 13.0. The van der Waals surface area contributed by atoms with E-state index in [0.29, 0.717) is 13.2 Å². The second-order valence-corrected chi connectivity index (χ2v) is 4.88. The van der Waals surface area contributed by atoms with Gasteiger partial charge in [-0.15, -0.1) is 0 Å². The third-order valence-electron chi connectivity index (χ3n) is 3.45. The van der Waals surface area contributed by atoms with Crippen molar-refractivity contribution in [2.24, 2.45) is 0 Å². The second-order valence-electron chi connectivity index (χ2n) is 4.88. The van der Waals surface area contributed by atoms with Crippen LogP contribution in [-0.2, 0) is 9.53 Å². The van der Waals surface area contributed by atoms with Crippen molar-refractivity contribution in [1.82, 2.24) is 10.3 Å². The van der Waals surface area contributed by atoms with Crippen LogP contribution in [0.1, 0.15) is 5.56 Å². The number of carbonyl (C=O) groups is 1. The quantitative estimate of drug-likeness (QED) is 0.868. The standard InChI is InChI=1S/C15H17N3O2/c1-10-4-5-12(11-3-2-6-17-14(10)11)18-15(19)13-9-16-7-8-20-13/h2-6,13,16H,7-9H2,1H3,(H,18,19). The van der Waals surface area contributed by atoms with Gasteiger partial charge in [-0.2, -0.15) is 0 Å². The predicted octanol–water partition coefficient (Wildman–Crippen LogP) is 1.47. The van der Waals surface area contributed by atoms with Gasteiger partial charge in [0.05, 0.1) is 17.8 Å². The highest BCUT2D eigenvalue weighted by molar-refractivity contribution is 6.03. The number of fused-ring (bicyclic) bond motifs is 1. The van der Waals surface area contributed by atoms with E-state index in [-0.39, 0.29) is 5.91 Å². The number of hydrogen-bond donors (Lipinski definition) is 2. The Morgan fingerprint density at radius 2 is 2.35 bits per heavy atom. The maximum absolute atomic E-state index is 12.2. The normalized spacial score (nSPS) is 18.9. The van der Waals surface area contributed by atoms with Gasteiger partial charge < -0.3 is 15.4 Å². The minimum atomic E-state index is -0.434. The minimum Gasteiger partial charge on any atom is -0.366 e. The smallest absolute Gasteiger partial charge is 0.254 e. The molecule has 1 amide bonds. The number of benzene rings is 1. The second kappa shape index (κ2) is 5.56. The van der Waals surface area contributed by atoms with E-state index in [1.807, 2.05) is 31.2 Å². The Morgan fingerprint density at radius 1 is 1.45 bits per heavy atom. The number of amides is 1. The Labute approximate surface area is 117 Å². The maximum Gasteiger partial charge on any atom is 0.254 e. The Hall–Kier alpha value is -1.98. The van der Waals surface area contributed by atoms with E-state index in [1.54, 1.807) is 6.20 Å². The largest absolute Gasteiger partial charge is 0.366 e. The van der Waals surface area contributed by atoms with Crippen molar-refractivity contribution in [3.63, 3.8) is 0 Å². The summed E-state index contributed by atoms with van der Waals surface area (Å²) in [5, 5.41) is 7.04. The number of nitrogens with zero attached hydrogens (tertiary/aromatic N) is 1. The molecular weight excluding hydrogens is 254 g/mol. The fourth-order valence-electron chi connectivity index (χ4n) is 2.37. The Bertz CT molecular complexity index is 636. The fourth-order valence-corrected chi connectivity index (χ4v) is 2.37. The Morgan fingerprint density at radius 3 is 3.15 bits per heavy atom. The molecule has 2 aromatic rings. The number of aryl methyl sites for hydroxylation is 1. The number of ether oxygens (including phenoxy) is 1. The molecule has 3 rings (SSSR count). The zero-order chi connectivity index (χ0) is 13.9. The lowest BCUT2D eigenvalue weighted by Gasteiger charge is -2.23. The van der Waals surface area contributed by atoms with Gasteiger partial charge in [-0.25, -0.2) is 0 Å². The van der Waals surface area contributed by atoms with E-state index in [9.17, 15) is 4.79 Å². The number of hydrogen-bond acceptors (Lipinski definition) is 4. The summed E-state index contributed by atoms with van der Waals surface area (Å²) in [5.41, 5.74) is 2.78. The lowest BCUT2D eigenvalue weighted by atomic mass is 10.1. The molecule has 0 aliphatic carbocycles. The van der Waals surface area contributed by atoms with Crippen LogP contribution < -0.4 is 10.6 Å². The number of pyridine rings is 1. The summed E-state index contributed by atoms with van der Waals surface area (Å²) in [4.78, 5) is 16.6. The molecule has 1 fully saturated rings. The van der Waals surface area contributed by atoms with Gasteiger partial charge in [-0.3, -0.25) is 9.78 Å². The number of morpholine rings is 1. The van der Waals surface area contributed by atoms with E-state index in [4.69, 9.17) is 4.74 Å². The molecule has 104 valence electrons. The van der Waals surface area contributed by atoms with E-state index in [1.165, 1.54) is 0 Å². The van der Waals surface area contributed by atoms with E-state index < -0.39 is 6.10 Å². The van der Waals surface area contributed by atoms with Crippen molar-refractivity contribution in [3.8, 4) is 0 Å². The number of aromatic nitrogens is 1. The number of nitrogens with one attached hydrogen (secondary N) is 2. The van der Waals surface area contributed by atoms with Gasteiger partial charge in [0.1, 0.15) is 6.10 Å². The Kier molecular flexibility index (Phi) is 3.62. The Balaban J connectivity index is 1.87. The summed E-state index contributed by atoms with van der Waals surface area (Å²) in [6.07, 6.45) is 1.33. The van der Waals surface area contributed by atoms with Crippen LogP contribution in [0.5, 0.6) is 0 Å². The first-order chi connectivity index (χ1) is 9.75. The third kappa shape index (κ3) is 2.50. The molecule has 0 spiro atoms. The van der Waals surface area contributed by atoms with Crippen LogP contribution in [0.15, 0.2) is 30.5 Å². The first-order valence-corrected chi connectivity index (χ1v) is 6.73. The molecule has 1 aliphatic rings. The molecule has 0 saturated carbocycles. The summed E-state index contributed by atoms with van der Waals surface area (Å²) < 4.78 is 5.46. The van der Waals surface area contributed by atoms with Crippen LogP contribution in [0.25, 0.3) is 10.9 Å². The third-order valence-corrected chi connectivity index (χ3v) is 3.45. The van der Waals surface area contributed by atoms with Crippen LogP contribution in [0.4, 0.5) is 5.69 Å². The highest BCUT2D eigenvalue weighted by atomic mass is 16.5. The van der Waals surface area contributed by atoms with Gasteiger partial charge in [0.25, 0.3) is 5.91 Å². The summed E-state index contributed by atoms with van der Waals surface area (Å²) in [7, 11) is 0. The highest BCUT2D eigenvalue weighted by Gasteiger charge is 2.22. The topological polar surface area (TPSA) is 63.2 Å². The molecule has 5 heteroatoms. The van der Waals surface area contributed by atoms with Crippen LogP contribution in [0.3, 0.4) is 0 Å². The van der Waals surface area contributed by atoms with Crippen molar-refractivity contribution in [1.29, 1.82) is 0 Å². The van der Waals surface area contributed by atoms with Crippen molar-refractivity contribution >= 4 is 22.5 Å². The molecule has 5 nitrogen and oxygen atoms in total. The minimum absolute atomic E-state index is 0.119. The van der Waals surface area contributed by atoms with E-state index in [2.05, 4.69) is 15.6 Å². The first-order valence-electron chi connectivity index (χ1n) is 6.73. The van der Waals surface area contributed by atoms with Gasteiger partial charge >= 0.3 is 0 Å².